The van der Waals surface area contributed by atoms with Crippen molar-refractivity contribution in [2.75, 3.05) is 7.11 Å². The molecule has 0 N–H and O–H groups in total. The largest absolute Gasteiger partial charge is 0.497 e. The number of ether oxygens (including phenoxy) is 1. The fraction of sp³-hybridized carbons (Fsp3) is 0.333. The molecule has 1 fully saturated rings. The van der Waals surface area contributed by atoms with E-state index in [1.165, 1.54) is 16.7 Å². The quantitative estimate of drug-likeness (QED) is 0.814. The Morgan fingerprint density at radius 2 is 1.71 bits per heavy atom. The molecule has 2 aliphatic rings. The first-order valence-electron chi connectivity index (χ1n) is 8.51. The molecule has 2 unspecified atom stereocenters. The summed E-state index contributed by atoms with van der Waals surface area (Å²) in [5, 5.41) is 0.227. The van der Waals surface area contributed by atoms with Crippen molar-refractivity contribution < 1.29 is 8.95 Å². The molecule has 124 valence electrons. The van der Waals surface area contributed by atoms with Crippen molar-refractivity contribution in [1.82, 2.24) is 0 Å². The third-order valence-corrected chi connectivity index (χ3v) is 7.26. The maximum absolute atomic E-state index is 13.2. The number of aryl methyl sites for hydroxylation is 1. The van der Waals surface area contributed by atoms with Crippen molar-refractivity contribution in [1.29, 1.82) is 0 Å². The standard InChI is InChI=1S/C21H22O2S/c1-14-3-10-18(11-4-14)24(22)21-16-7-12-19(21)20(13-16)15-5-8-17(23-2)9-6-15/h3-6,8-11,13,16,19,21H,7,12H2,1-2H3/t16?,19-,21?,24-/m0/s1. The van der Waals surface area contributed by atoms with E-state index in [9.17, 15) is 4.21 Å². The second-order valence-corrected chi connectivity index (χ2v) is 8.38. The van der Waals surface area contributed by atoms with E-state index in [0.717, 1.165) is 23.5 Å². The lowest BCUT2D eigenvalue weighted by molar-refractivity contribution is 0.415. The molecule has 0 spiro atoms. The number of methoxy groups -OCH3 is 1. The van der Waals surface area contributed by atoms with Crippen LogP contribution >= 0.6 is 0 Å². The number of benzene rings is 2. The van der Waals surface area contributed by atoms with Gasteiger partial charge in [-0.25, -0.2) is 0 Å². The maximum atomic E-state index is 13.2. The molecule has 3 heteroatoms. The van der Waals surface area contributed by atoms with Crippen LogP contribution in [0.15, 0.2) is 59.5 Å². The van der Waals surface area contributed by atoms with E-state index < -0.39 is 10.8 Å². The van der Waals surface area contributed by atoms with Gasteiger partial charge in [0.15, 0.2) is 0 Å². The summed E-state index contributed by atoms with van der Waals surface area (Å²) in [6.45, 7) is 2.06. The van der Waals surface area contributed by atoms with Crippen LogP contribution in [0.1, 0.15) is 24.0 Å². The van der Waals surface area contributed by atoms with E-state index in [1.807, 2.05) is 24.3 Å². The summed E-state index contributed by atoms with van der Waals surface area (Å²) in [6.07, 6.45) is 4.67. The van der Waals surface area contributed by atoms with Gasteiger partial charge in [-0.15, -0.1) is 0 Å². The van der Waals surface area contributed by atoms with Gasteiger partial charge in [-0.3, -0.25) is 4.21 Å². The summed E-state index contributed by atoms with van der Waals surface area (Å²) in [5.74, 6) is 1.72. The van der Waals surface area contributed by atoms with Crippen LogP contribution in [0.25, 0.3) is 5.57 Å². The molecule has 0 aromatic heterocycles. The molecule has 2 aromatic rings. The Bertz CT molecular complexity index is 790. The average Bonchev–Trinajstić information content (AvgIpc) is 3.20. The van der Waals surface area contributed by atoms with Crippen LogP contribution in [0.3, 0.4) is 0 Å². The summed E-state index contributed by atoms with van der Waals surface area (Å²) in [6, 6.07) is 16.4. The normalized spacial score (nSPS) is 26.2. The zero-order valence-electron chi connectivity index (χ0n) is 14.1. The predicted octanol–water partition coefficient (Wildman–Crippen LogP) is 4.60. The Labute approximate surface area is 146 Å². The molecule has 4 rings (SSSR count). The molecule has 2 bridgehead atoms. The van der Waals surface area contributed by atoms with E-state index in [1.54, 1.807) is 7.11 Å². The van der Waals surface area contributed by atoms with Crippen LogP contribution in [0.4, 0.5) is 0 Å². The second-order valence-electron chi connectivity index (χ2n) is 6.77. The molecule has 1 saturated carbocycles. The van der Waals surface area contributed by atoms with Gasteiger partial charge >= 0.3 is 0 Å². The number of fused-ring (bicyclic) bond motifs is 2. The molecule has 0 saturated heterocycles. The summed E-state index contributed by atoms with van der Waals surface area (Å²) in [4.78, 5) is 0.965. The average molecular weight is 338 g/mol. The first kappa shape index (κ1) is 15.6. The van der Waals surface area contributed by atoms with E-state index >= 15 is 0 Å². The highest BCUT2D eigenvalue weighted by Crippen LogP contribution is 2.51. The minimum absolute atomic E-state index is 0.227. The van der Waals surface area contributed by atoms with Gasteiger partial charge in [0, 0.05) is 4.90 Å². The number of hydrogen-bond donors (Lipinski definition) is 0. The third kappa shape index (κ3) is 2.61. The predicted molar refractivity (Wildman–Crippen MR) is 98.6 cm³/mol. The highest BCUT2D eigenvalue weighted by molar-refractivity contribution is 7.85. The van der Waals surface area contributed by atoms with Gasteiger partial charge in [-0.2, -0.15) is 0 Å². The topological polar surface area (TPSA) is 26.3 Å². The Hall–Kier alpha value is -1.87. The van der Waals surface area contributed by atoms with E-state index in [0.29, 0.717) is 11.8 Å². The van der Waals surface area contributed by atoms with E-state index in [2.05, 4.69) is 37.3 Å². The number of rotatable bonds is 4. The lowest BCUT2D eigenvalue weighted by Gasteiger charge is -2.19. The van der Waals surface area contributed by atoms with Crippen LogP contribution in [0.2, 0.25) is 0 Å². The van der Waals surface area contributed by atoms with Crippen LogP contribution in [-0.4, -0.2) is 16.6 Å². The fourth-order valence-electron chi connectivity index (χ4n) is 4.10. The van der Waals surface area contributed by atoms with E-state index in [-0.39, 0.29) is 5.25 Å². The molecule has 2 aromatic carbocycles. The van der Waals surface area contributed by atoms with Crippen molar-refractivity contribution in [2.24, 2.45) is 11.8 Å². The van der Waals surface area contributed by atoms with Gasteiger partial charge in [0.1, 0.15) is 5.75 Å². The summed E-state index contributed by atoms with van der Waals surface area (Å²) in [7, 11) is 0.745. The summed E-state index contributed by atoms with van der Waals surface area (Å²) < 4.78 is 18.4. The smallest absolute Gasteiger partial charge is 0.118 e. The van der Waals surface area contributed by atoms with Gasteiger partial charge in [0.25, 0.3) is 0 Å². The minimum Gasteiger partial charge on any atom is -0.497 e. The molecule has 0 amide bonds. The summed E-state index contributed by atoms with van der Waals surface area (Å²) in [5.41, 5.74) is 3.83. The lowest BCUT2D eigenvalue weighted by Crippen LogP contribution is -2.22. The Morgan fingerprint density at radius 3 is 2.38 bits per heavy atom. The molecule has 0 radical (unpaired) electrons. The molecule has 2 aliphatic carbocycles. The van der Waals surface area contributed by atoms with E-state index in [4.69, 9.17) is 4.74 Å². The van der Waals surface area contributed by atoms with Crippen LogP contribution in [0, 0.1) is 18.8 Å². The van der Waals surface area contributed by atoms with Gasteiger partial charge in [-0.05, 0) is 67.0 Å². The molecule has 4 atom stereocenters. The molecule has 0 heterocycles. The Balaban J connectivity index is 1.60. The molecule has 0 aliphatic heterocycles. The number of allylic oxidation sites excluding steroid dienone is 2. The van der Waals surface area contributed by atoms with Gasteiger partial charge < -0.3 is 4.74 Å². The van der Waals surface area contributed by atoms with Gasteiger partial charge in [0.2, 0.25) is 0 Å². The van der Waals surface area contributed by atoms with Crippen molar-refractivity contribution in [3.63, 3.8) is 0 Å². The number of hydrogen-bond acceptors (Lipinski definition) is 2. The molecular weight excluding hydrogens is 316 g/mol. The zero-order valence-corrected chi connectivity index (χ0v) is 14.9. The van der Waals surface area contributed by atoms with Crippen molar-refractivity contribution in [3.8, 4) is 5.75 Å². The Kier molecular flexibility index (Phi) is 4.05. The Morgan fingerprint density at radius 1 is 1.00 bits per heavy atom. The van der Waals surface area contributed by atoms with Crippen LogP contribution in [0.5, 0.6) is 5.75 Å². The van der Waals surface area contributed by atoms with Crippen molar-refractivity contribution in [3.05, 3.63) is 65.7 Å². The fourth-order valence-corrected chi connectivity index (χ4v) is 5.93. The first-order chi connectivity index (χ1) is 11.7. The highest BCUT2D eigenvalue weighted by atomic mass is 32.2. The van der Waals surface area contributed by atoms with Crippen LogP contribution in [-0.2, 0) is 10.8 Å². The third-order valence-electron chi connectivity index (χ3n) is 5.35. The minimum atomic E-state index is -0.942. The lowest BCUT2D eigenvalue weighted by atomic mass is 9.92. The first-order valence-corrected chi connectivity index (χ1v) is 9.72. The monoisotopic (exact) mass is 338 g/mol. The maximum Gasteiger partial charge on any atom is 0.118 e. The summed E-state index contributed by atoms with van der Waals surface area (Å²) >= 11 is 0. The SMILES string of the molecule is COc1ccc(C2=CC3CC[C@@H]2C3[S@@](=O)c2ccc(C)cc2)cc1. The van der Waals surface area contributed by atoms with Crippen molar-refractivity contribution in [2.45, 2.75) is 29.9 Å². The van der Waals surface area contributed by atoms with Gasteiger partial charge in [-0.1, -0.05) is 35.9 Å². The van der Waals surface area contributed by atoms with Crippen LogP contribution < -0.4 is 4.74 Å². The van der Waals surface area contributed by atoms with Gasteiger partial charge in [0.05, 0.1) is 23.2 Å². The van der Waals surface area contributed by atoms with Crippen molar-refractivity contribution >= 4 is 16.4 Å². The molecular formula is C21H22O2S. The zero-order chi connectivity index (χ0) is 16.7. The highest BCUT2D eigenvalue weighted by Gasteiger charge is 2.46. The molecule has 2 nitrogen and oxygen atoms in total. The second kappa shape index (κ2) is 6.21. The molecule has 24 heavy (non-hydrogen) atoms.